The van der Waals surface area contributed by atoms with Crippen LogP contribution < -0.4 is 19.6 Å². The van der Waals surface area contributed by atoms with Crippen LogP contribution in [-0.4, -0.2) is 56.4 Å². The van der Waals surface area contributed by atoms with Crippen molar-refractivity contribution in [2.75, 3.05) is 40.6 Å². The van der Waals surface area contributed by atoms with E-state index in [9.17, 15) is 4.79 Å². The fraction of sp³-hybridized carbons (Fsp3) is 0.483. The van der Waals surface area contributed by atoms with Gasteiger partial charge >= 0.3 is 0 Å². The number of nitrogens with zero attached hydrogens (tertiary/aromatic N) is 2. The number of benzene rings is 2. The first-order valence-corrected chi connectivity index (χ1v) is 13.0. The molecule has 0 saturated carbocycles. The molecule has 3 aliphatic heterocycles. The molecule has 4 heterocycles. The Balaban J connectivity index is 1.29. The summed E-state index contributed by atoms with van der Waals surface area (Å²) < 4.78 is 23.1. The molecule has 7 heteroatoms. The molecule has 0 amide bonds. The van der Waals surface area contributed by atoms with E-state index >= 15 is 0 Å². The van der Waals surface area contributed by atoms with E-state index in [-0.39, 0.29) is 5.43 Å². The second-order valence-electron chi connectivity index (χ2n) is 10.3. The monoisotopic (exact) mass is 490 g/mol. The Morgan fingerprint density at radius 2 is 1.86 bits per heavy atom. The number of hydrogen-bond donors (Lipinski definition) is 0. The molecule has 0 radical (unpaired) electrons. The van der Waals surface area contributed by atoms with Crippen molar-refractivity contribution in [1.82, 2.24) is 9.80 Å². The number of hydrogen-bond acceptors (Lipinski definition) is 7. The highest BCUT2D eigenvalue weighted by atomic mass is 16.5. The van der Waals surface area contributed by atoms with E-state index in [0.717, 1.165) is 30.0 Å². The summed E-state index contributed by atoms with van der Waals surface area (Å²) in [5, 5.41) is 0.572. The molecule has 0 spiro atoms. The molecule has 190 valence electrons. The first kappa shape index (κ1) is 23.4. The molecule has 0 N–H and O–H groups in total. The predicted octanol–water partition coefficient (Wildman–Crippen LogP) is 4.89. The topological polar surface area (TPSA) is 64.4 Å². The van der Waals surface area contributed by atoms with Crippen molar-refractivity contribution < 1.29 is 18.6 Å². The standard InChI is InChI=1S/C29H34N2O5/c1-33-26-10-8-19(14-27(26)34-2)23-17-35-29-21(28(23)32)9-11-25-22(29)16-30(18-36-25)15-20-6-5-13-31-12-4-3-7-24(20)31/h8-11,14,17,20,24H,3-7,12-13,15-16,18H2,1-2H3/t20-,24+/m0/s1. The smallest absolute Gasteiger partial charge is 0.200 e. The molecular formula is C29H34N2O5. The van der Waals surface area contributed by atoms with Gasteiger partial charge in [-0.2, -0.15) is 0 Å². The van der Waals surface area contributed by atoms with Gasteiger partial charge in [0.1, 0.15) is 24.3 Å². The van der Waals surface area contributed by atoms with Gasteiger partial charge in [0, 0.05) is 19.1 Å². The third kappa shape index (κ3) is 4.14. The number of fused-ring (bicyclic) bond motifs is 4. The van der Waals surface area contributed by atoms with Gasteiger partial charge in [-0.1, -0.05) is 12.5 Å². The Labute approximate surface area is 211 Å². The molecule has 1 aromatic heterocycles. The summed E-state index contributed by atoms with van der Waals surface area (Å²) in [5.74, 6) is 2.67. The molecule has 7 nitrogen and oxygen atoms in total. The Morgan fingerprint density at radius 1 is 1.00 bits per heavy atom. The summed E-state index contributed by atoms with van der Waals surface area (Å²) >= 11 is 0. The summed E-state index contributed by atoms with van der Waals surface area (Å²) in [6.07, 6.45) is 8.11. The number of piperidine rings is 2. The van der Waals surface area contributed by atoms with Crippen LogP contribution in [0.4, 0.5) is 0 Å². The van der Waals surface area contributed by atoms with Crippen LogP contribution in [0.5, 0.6) is 17.2 Å². The Hall–Kier alpha value is -3.03. The Morgan fingerprint density at radius 3 is 2.72 bits per heavy atom. The van der Waals surface area contributed by atoms with Gasteiger partial charge in [-0.15, -0.1) is 0 Å². The maximum absolute atomic E-state index is 13.5. The maximum Gasteiger partial charge on any atom is 0.200 e. The molecule has 0 unspecified atom stereocenters. The molecule has 2 aromatic carbocycles. The van der Waals surface area contributed by atoms with Crippen molar-refractivity contribution in [2.45, 2.75) is 44.7 Å². The minimum Gasteiger partial charge on any atom is -0.493 e. The second kappa shape index (κ2) is 9.79. The van der Waals surface area contributed by atoms with Crippen LogP contribution in [0.15, 0.2) is 45.8 Å². The van der Waals surface area contributed by atoms with E-state index < -0.39 is 0 Å². The van der Waals surface area contributed by atoms with E-state index in [1.165, 1.54) is 45.2 Å². The van der Waals surface area contributed by atoms with Crippen LogP contribution in [0.1, 0.15) is 37.7 Å². The Bertz CT molecular complexity index is 1320. The lowest BCUT2D eigenvalue weighted by Crippen LogP contribution is -2.51. The molecular weight excluding hydrogens is 456 g/mol. The van der Waals surface area contributed by atoms with E-state index in [2.05, 4.69) is 9.80 Å². The van der Waals surface area contributed by atoms with Gasteiger partial charge in [0.25, 0.3) is 0 Å². The normalized spacial score (nSPS) is 22.5. The zero-order valence-corrected chi connectivity index (χ0v) is 21.1. The molecule has 0 bridgehead atoms. The second-order valence-corrected chi connectivity index (χ2v) is 10.3. The van der Waals surface area contributed by atoms with Gasteiger partial charge in [-0.25, -0.2) is 0 Å². The van der Waals surface area contributed by atoms with E-state index in [1.807, 2.05) is 18.2 Å². The van der Waals surface area contributed by atoms with Crippen LogP contribution >= 0.6 is 0 Å². The van der Waals surface area contributed by atoms with Gasteiger partial charge in [-0.05, 0) is 74.5 Å². The maximum atomic E-state index is 13.5. The van der Waals surface area contributed by atoms with Crippen LogP contribution in [0.25, 0.3) is 22.1 Å². The van der Waals surface area contributed by atoms with E-state index in [4.69, 9.17) is 18.6 Å². The fourth-order valence-electron chi connectivity index (χ4n) is 6.40. The minimum atomic E-state index is -0.0616. The summed E-state index contributed by atoms with van der Waals surface area (Å²) in [6.45, 7) is 4.83. The van der Waals surface area contributed by atoms with Crippen molar-refractivity contribution in [1.29, 1.82) is 0 Å². The fourth-order valence-corrected chi connectivity index (χ4v) is 6.40. The number of methoxy groups -OCH3 is 2. The molecule has 2 fully saturated rings. The largest absolute Gasteiger partial charge is 0.493 e. The molecule has 6 rings (SSSR count). The predicted molar refractivity (Wildman–Crippen MR) is 139 cm³/mol. The average molecular weight is 491 g/mol. The zero-order valence-electron chi connectivity index (χ0n) is 21.1. The van der Waals surface area contributed by atoms with E-state index in [1.54, 1.807) is 32.6 Å². The molecule has 2 atom stereocenters. The Kier molecular flexibility index (Phi) is 6.36. The highest BCUT2D eigenvalue weighted by Gasteiger charge is 2.35. The van der Waals surface area contributed by atoms with Gasteiger partial charge in [-0.3, -0.25) is 9.69 Å². The van der Waals surface area contributed by atoms with Crippen molar-refractivity contribution in [2.24, 2.45) is 5.92 Å². The summed E-state index contributed by atoms with van der Waals surface area (Å²) in [5.41, 5.74) is 2.75. The lowest BCUT2D eigenvalue weighted by Gasteiger charge is -2.46. The highest BCUT2D eigenvalue weighted by molar-refractivity contribution is 5.86. The number of rotatable bonds is 5. The zero-order chi connectivity index (χ0) is 24.6. The van der Waals surface area contributed by atoms with Crippen LogP contribution in [0, 0.1) is 5.92 Å². The third-order valence-electron chi connectivity index (χ3n) is 8.20. The van der Waals surface area contributed by atoms with Crippen molar-refractivity contribution >= 4 is 11.0 Å². The first-order chi connectivity index (χ1) is 17.7. The van der Waals surface area contributed by atoms with Crippen molar-refractivity contribution in [3.63, 3.8) is 0 Å². The summed E-state index contributed by atoms with van der Waals surface area (Å²) in [7, 11) is 3.18. The van der Waals surface area contributed by atoms with Gasteiger partial charge < -0.3 is 23.5 Å². The minimum absolute atomic E-state index is 0.0616. The molecule has 36 heavy (non-hydrogen) atoms. The molecule has 3 aromatic rings. The summed E-state index contributed by atoms with van der Waals surface area (Å²) in [6, 6.07) is 9.88. The lowest BCUT2D eigenvalue weighted by molar-refractivity contribution is 0.0146. The van der Waals surface area contributed by atoms with Crippen LogP contribution in [0.3, 0.4) is 0 Å². The van der Waals surface area contributed by atoms with Gasteiger partial charge in [0.05, 0.1) is 30.7 Å². The lowest BCUT2D eigenvalue weighted by atomic mass is 9.83. The van der Waals surface area contributed by atoms with Crippen molar-refractivity contribution in [3.8, 4) is 28.4 Å². The summed E-state index contributed by atoms with van der Waals surface area (Å²) in [4.78, 5) is 18.6. The van der Waals surface area contributed by atoms with Gasteiger partial charge in [0.15, 0.2) is 11.5 Å². The average Bonchev–Trinajstić information content (AvgIpc) is 2.93. The molecule has 2 saturated heterocycles. The highest BCUT2D eigenvalue weighted by Crippen LogP contribution is 2.36. The molecule has 3 aliphatic rings. The van der Waals surface area contributed by atoms with E-state index in [0.29, 0.717) is 46.7 Å². The van der Waals surface area contributed by atoms with Crippen LogP contribution in [0.2, 0.25) is 0 Å². The van der Waals surface area contributed by atoms with Crippen molar-refractivity contribution in [3.05, 3.63) is 52.4 Å². The van der Waals surface area contributed by atoms with Crippen LogP contribution in [-0.2, 0) is 6.54 Å². The SMILES string of the molecule is COc1ccc(-c2coc3c4c(ccc3c2=O)OCN(C[C@@H]2CCCN3CCCC[C@H]23)C4)cc1OC. The quantitative estimate of drug-likeness (QED) is 0.504. The first-order valence-electron chi connectivity index (χ1n) is 13.0. The molecule has 0 aliphatic carbocycles. The van der Waals surface area contributed by atoms with Gasteiger partial charge in [0.2, 0.25) is 5.43 Å². The number of ether oxygens (including phenoxy) is 3. The third-order valence-corrected chi connectivity index (χ3v) is 8.20.